The molecule has 156 valence electrons. The molecule has 5 nitrogen and oxygen atoms in total. The Bertz CT molecular complexity index is 1160. The quantitative estimate of drug-likeness (QED) is 0.579. The second-order valence-electron chi connectivity index (χ2n) is 7.35. The van der Waals surface area contributed by atoms with Gasteiger partial charge < -0.3 is 5.32 Å². The van der Waals surface area contributed by atoms with E-state index < -0.39 is 12.1 Å². The van der Waals surface area contributed by atoms with Gasteiger partial charge in [-0.05, 0) is 43.3 Å². The summed E-state index contributed by atoms with van der Waals surface area (Å²) in [4.78, 5) is 25.7. The van der Waals surface area contributed by atoms with E-state index in [1.807, 2.05) is 49.4 Å². The third-order valence-electron chi connectivity index (χ3n) is 5.13. The van der Waals surface area contributed by atoms with Crippen molar-refractivity contribution in [3.63, 3.8) is 0 Å². The van der Waals surface area contributed by atoms with E-state index in [-0.39, 0.29) is 11.8 Å². The van der Waals surface area contributed by atoms with E-state index in [4.69, 9.17) is 23.2 Å². The first-order valence-electron chi connectivity index (χ1n) is 9.73. The molecule has 1 heterocycles. The van der Waals surface area contributed by atoms with Crippen molar-refractivity contribution in [3.8, 4) is 0 Å². The fraction of sp³-hybridized carbons (Fsp3) is 0.125. The molecular formula is C24H20Cl2N3O2+. The predicted octanol–water partition coefficient (Wildman–Crippen LogP) is 4.32. The molecule has 31 heavy (non-hydrogen) atoms. The van der Waals surface area contributed by atoms with Crippen molar-refractivity contribution in [3.05, 3.63) is 105 Å². The highest BCUT2D eigenvalue weighted by molar-refractivity contribution is 6.33. The number of hydrazine groups is 1. The second-order valence-corrected chi connectivity index (χ2v) is 8.19. The number of hydrogen-bond acceptors (Lipinski definition) is 2. The number of carbonyl (C=O) groups excluding carboxylic acids is 2. The Morgan fingerprint density at radius 3 is 2.35 bits per heavy atom. The Kier molecular flexibility index (Phi) is 6.07. The van der Waals surface area contributed by atoms with Crippen molar-refractivity contribution in [2.24, 2.45) is 0 Å². The molecule has 3 aromatic carbocycles. The molecule has 0 unspecified atom stereocenters. The molecule has 2 amide bonds. The van der Waals surface area contributed by atoms with Crippen LogP contribution in [0.15, 0.2) is 72.8 Å². The summed E-state index contributed by atoms with van der Waals surface area (Å²) >= 11 is 12.2. The number of amides is 2. The summed E-state index contributed by atoms with van der Waals surface area (Å²) in [6, 6.07) is 20.5. The molecule has 3 aromatic rings. The zero-order chi connectivity index (χ0) is 22.0. The first-order chi connectivity index (χ1) is 14.9. The van der Waals surface area contributed by atoms with Crippen molar-refractivity contribution >= 4 is 41.2 Å². The van der Waals surface area contributed by atoms with Crippen LogP contribution in [0.2, 0.25) is 10.0 Å². The van der Waals surface area contributed by atoms with Crippen LogP contribution in [0.25, 0.3) is 0 Å². The maximum atomic E-state index is 12.9. The Hall–Kier alpha value is -3.15. The SMILES string of the molecule is Cc1ccc([C@H]2[C@H](NC(=O)c3ccc(Cl)cc3)C(=O)N/[N+]2=C\c2ccccc2Cl)cc1. The molecule has 0 bridgehead atoms. The Morgan fingerprint density at radius 2 is 1.68 bits per heavy atom. The zero-order valence-corrected chi connectivity index (χ0v) is 18.2. The highest BCUT2D eigenvalue weighted by Gasteiger charge is 2.47. The molecule has 7 heteroatoms. The lowest BCUT2D eigenvalue weighted by Gasteiger charge is -2.15. The van der Waals surface area contributed by atoms with Gasteiger partial charge in [-0.1, -0.05) is 65.2 Å². The van der Waals surface area contributed by atoms with Crippen molar-refractivity contribution in [1.29, 1.82) is 0 Å². The van der Waals surface area contributed by atoms with Gasteiger partial charge in [0.2, 0.25) is 12.3 Å². The normalized spacial score (nSPS) is 19.3. The van der Waals surface area contributed by atoms with E-state index >= 15 is 0 Å². The summed E-state index contributed by atoms with van der Waals surface area (Å²) in [6.07, 6.45) is 1.78. The summed E-state index contributed by atoms with van der Waals surface area (Å²) in [7, 11) is 0. The van der Waals surface area contributed by atoms with Crippen LogP contribution in [0.1, 0.15) is 33.1 Å². The van der Waals surface area contributed by atoms with Gasteiger partial charge in [0.25, 0.3) is 5.91 Å². The van der Waals surface area contributed by atoms with Gasteiger partial charge >= 0.3 is 5.91 Å². The number of benzene rings is 3. The largest absolute Gasteiger partial charge is 0.334 e. The van der Waals surface area contributed by atoms with E-state index in [0.29, 0.717) is 15.6 Å². The highest BCUT2D eigenvalue weighted by atomic mass is 35.5. The lowest BCUT2D eigenvalue weighted by atomic mass is 9.98. The van der Waals surface area contributed by atoms with Gasteiger partial charge in [-0.3, -0.25) is 9.59 Å². The van der Waals surface area contributed by atoms with Crippen LogP contribution in [-0.2, 0) is 4.79 Å². The number of carbonyl (C=O) groups is 2. The Labute approximate surface area is 190 Å². The topological polar surface area (TPSA) is 61.2 Å². The van der Waals surface area contributed by atoms with Crippen LogP contribution in [0, 0.1) is 6.92 Å². The van der Waals surface area contributed by atoms with Crippen LogP contribution in [0.4, 0.5) is 0 Å². The van der Waals surface area contributed by atoms with Gasteiger partial charge in [0.05, 0.1) is 10.6 Å². The minimum atomic E-state index is -0.801. The van der Waals surface area contributed by atoms with Crippen molar-refractivity contribution < 1.29 is 14.3 Å². The molecule has 0 spiro atoms. The average molecular weight is 453 g/mol. The zero-order valence-electron chi connectivity index (χ0n) is 16.7. The second kappa shape index (κ2) is 8.92. The van der Waals surface area contributed by atoms with Crippen molar-refractivity contribution in [2.75, 3.05) is 0 Å². The molecule has 0 aromatic heterocycles. The van der Waals surface area contributed by atoms with Crippen molar-refractivity contribution in [2.45, 2.75) is 19.0 Å². The fourth-order valence-corrected chi connectivity index (χ4v) is 3.81. The highest BCUT2D eigenvalue weighted by Crippen LogP contribution is 2.26. The molecule has 2 atom stereocenters. The third kappa shape index (κ3) is 4.63. The fourth-order valence-electron chi connectivity index (χ4n) is 3.50. The molecule has 0 saturated carbocycles. The molecule has 4 rings (SSSR count). The van der Waals surface area contributed by atoms with E-state index in [1.54, 1.807) is 41.2 Å². The minimum Gasteiger partial charge on any atom is -0.334 e. The van der Waals surface area contributed by atoms with Crippen LogP contribution in [-0.4, -0.2) is 28.8 Å². The summed E-state index contributed by atoms with van der Waals surface area (Å²) in [5.41, 5.74) is 6.02. The van der Waals surface area contributed by atoms with Gasteiger partial charge in [-0.25, -0.2) is 0 Å². The first kappa shape index (κ1) is 21.1. The van der Waals surface area contributed by atoms with E-state index in [1.165, 1.54) is 0 Å². The third-order valence-corrected chi connectivity index (χ3v) is 5.73. The Balaban J connectivity index is 1.71. The van der Waals surface area contributed by atoms with Crippen LogP contribution in [0.5, 0.6) is 0 Å². The summed E-state index contributed by atoms with van der Waals surface area (Å²) in [5.74, 6) is -0.662. The number of halogens is 2. The molecule has 0 radical (unpaired) electrons. The first-order valence-corrected chi connectivity index (χ1v) is 10.5. The molecule has 2 N–H and O–H groups in total. The number of aryl methyl sites for hydroxylation is 1. The molecule has 1 saturated heterocycles. The molecule has 0 aliphatic carbocycles. The maximum Gasteiger partial charge on any atom is 0.304 e. The number of rotatable bonds is 4. The van der Waals surface area contributed by atoms with E-state index in [9.17, 15) is 9.59 Å². The Morgan fingerprint density at radius 1 is 1.00 bits per heavy atom. The van der Waals surface area contributed by atoms with E-state index in [0.717, 1.165) is 16.7 Å². The molecular weight excluding hydrogens is 433 g/mol. The van der Waals surface area contributed by atoms with Gasteiger partial charge in [0, 0.05) is 16.1 Å². The molecule has 1 aliphatic heterocycles. The lowest BCUT2D eigenvalue weighted by Crippen LogP contribution is -2.42. The maximum absolute atomic E-state index is 12.9. The monoisotopic (exact) mass is 452 g/mol. The summed E-state index contributed by atoms with van der Waals surface area (Å²) in [6.45, 7) is 2.00. The standard InChI is InChI=1S/C24H19Cl2N3O2/c1-15-6-8-16(9-7-15)22-21(27-23(30)17-10-12-19(25)13-11-17)24(31)28-29(22)14-18-4-2-3-5-20(18)26/h2-14,21-22H,1H3,(H-,27,28,30,31)/p+1/b29-14-/t21-,22-/m0/s1. The predicted molar refractivity (Wildman–Crippen MR) is 122 cm³/mol. The number of hydrogen-bond donors (Lipinski definition) is 2. The summed E-state index contributed by atoms with van der Waals surface area (Å²) in [5, 5.41) is 3.97. The molecule has 1 fully saturated rings. The lowest BCUT2D eigenvalue weighted by molar-refractivity contribution is -0.596. The van der Waals surface area contributed by atoms with Crippen LogP contribution >= 0.6 is 23.2 Å². The van der Waals surface area contributed by atoms with Crippen LogP contribution < -0.4 is 10.7 Å². The van der Waals surface area contributed by atoms with Crippen molar-refractivity contribution in [1.82, 2.24) is 10.7 Å². The van der Waals surface area contributed by atoms with Gasteiger partial charge in [0.1, 0.15) is 0 Å². The summed E-state index contributed by atoms with van der Waals surface area (Å²) < 4.78 is 1.70. The van der Waals surface area contributed by atoms with Gasteiger partial charge in [-0.15, -0.1) is 10.1 Å². The van der Waals surface area contributed by atoms with E-state index in [2.05, 4.69) is 10.7 Å². The van der Waals surface area contributed by atoms with Crippen LogP contribution in [0.3, 0.4) is 0 Å². The minimum absolute atomic E-state index is 0.309. The number of nitrogens with one attached hydrogen (secondary N) is 2. The van der Waals surface area contributed by atoms with Gasteiger partial charge in [-0.2, -0.15) is 0 Å². The molecule has 1 aliphatic rings. The van der Waals surface area contributed by atoms with Gasteiger partial charge in [0.15, 0.2) is 6.04 Å². The number of hydrazone groups is 1. The smallest absolute Gasteiger partial charge is 0.304 e. The number of nitrogens with zero attached hydrogens (tertiary/aromatic N) is 1. The average Bonchev–Trinajstić information content (AvgIpc) is 3.05.